The Morgan fingerprint density at radius 1 is 1.38 bits per heavy atom. The van der Waals surface area contributed by atoms with Crippen molar-refractivity contribution in [3.8, 4) is 0 Å². The number of anilines is 1. The summed E-state index contributed by atoms with van der Waals surface area (Å²) in [6, 6.07) is 7.60. The lowest BCUT2D eigenvalue weighted by Gasteiger charge is -2.24. The zero-order valence-electron chi connectivity index (χ0n) is 11.5. The second kappa shape index (κ2) is 3.95. The fourth-order valence-corrected chi connectivity index (χ4v) is 3.71. The molecule has 3 aliphatic rings. The van der Waals surface area contributed by atoms with E-state index in [0.717, 1.165) is 11.3 Å². The Morgan fingerprint density at radius 2 is 2.10 bits per heavy atom. The van der Waals surface area contributed by atoms with Gasteiger partial charge in [-0.05, 0) is 19.1 Å². The second-order valence-corrected chi connectivity index (χ2v) is 5.98. The van der Waals surface area contributed by atoms with Crippen LogP contribution in [-0.2, 0) is 14.3 Å². The van der Waals surface area contributed by atoms with Crippen molar-refractivity contribution in [2.45, 2.75) is 18.6 Å². The summed E-state index contributed by atoms with van der Waals surface area (Å²) in [5.41, 5.74) is 1.07. The first kappa shape index (κ1) is 12.6. The Balaban J connectivity index is 1.73. The van der Waals surface area contributed by atoms with Gasteiger partial charge in [0, 0.05) is 17.6 Å². The average Bonchev–Trinajstić information content (AvgIpc) is 3.08. The SMILES string of the molecule is Cc1ccc(N2C[C@@]34C=C[C@H](O3)[C@@H](C(=O)[O-])[C@H]4C2=O)cc1. The lowest BCUT2D eigenvalue weighted by Crippen LogP contribution is -2.45. The van der Waals surface area contributed by atoms with Gasteiger partial charge in [0.05, 0.1) is 18.6 Å². The summed E-state index contributed by atoms with van der Waals surface area (Å²) in [6.45, 7) is 2.33. The van der Waals surface area contributed by atoms with Crippen molar-refractivity contribution in [3.05, 3.63) is 42.0 Å². The van der Waals surface area contributed by atoms with Gasteiger partial charge in [0.1, 0.15) is 5.60 Å². The van der Waals surface area contributed by atoms with Crippen molar-refractivity contribution in [1.82, 2.24) is 0 Å². The topological polar surface area (TPSA) is 69.7 Å². The molecule has 0 saturated carbocycles. The molecule has 1 aromatic carbocycles. The van der Waals surface area contributed by atoms with Crippen molar-refractivity contribution in [3.63, 3.8) is 0 Å². The maximum absolute atomic E-state index is 12.7. The highest BCUT2D eigenvalue weighted by molar-refractivity contribution is 6.02. The first-order valence-electron chi connectivity index (χ1n) is 6.98. The van der Waals surface area contributed by atoms with E-state index in [0.29, 0.717) is 6.54 Å². The minimum atomic E-state index is -1.21. The number of hydrogen-bond acceptors (Lipinski definition) is 4. The van der Waals surface area contributed by atoms with E-state index in [1.165, 1.54) is 0 Å². The summed E-state index contributed by atoms with van der Waals surface area (Å²) in [4.78, 5) is 25.7. The lowest BCUT2D eigenvalue weighted by atomic mass is 9.77. The van der Waals surface area contributed by atoms with E-state index in [1.54, 1.807) is 11.0 Å². The monoisotopic (exact) mass is 284 g/mol. The highest BCUT2D eigenvalue weighted by atomic mass is 16.5. The van der Waals surface area contributed by atoms with Gasteiger partial charge in [-0.3, -0.25) is 4.79 Å². The standard InChI is InChI=1S/C16H15NO4/c1-9-2-4-10(5-3-9)17-8-16-7-6-11(21-16)12(15(19)20)13(16)14(17)18/h2-7,11-13H,8H2,1H3,(H,19,20)/p-1/t11-,12+,13-,16+/m0/s1. The highest BCUT2D eigenvalue weighted by Gasteiger charge is 2.65. The molecule has 0 N–H and O–H groups in total. The summed E-state index contributed by atoms with van der Waals surface area (Å²) in [6.07, 6.45) is 3.04. The minimum Gasteiger partial charge on any atom is -0.550 e. The van der Waals surface area contributed by atoms with Crippen molar-refractivity contribution in [2.75, 3.05) is 11.4 Å². The number of benzene rings is 1. The van der Waals surface area contributed by atoms with Gasteiger partial charge in [-0.25, -0.2) is 0 Å². The van der Waals surface area contributed by atoms with Crippen molar-refractivity contribution in [1.29, 1.82) is 0 Å². The van der Waals surface area contributed by atoms with Crippen LogP contribution in [0.1, 0.15) is 5.56 Å². The first-order chi connectivity index (χ1) is 10.0. The number of carboxylic acid groups (broad SMARTS) is 1. The van der Waals surface area contributed by atoms with Crippen LogP contribution in [0.25, 0.3) is 0 Å². The van der Waals surface area contributed by atoms with Gasteiger partial charge in [-0.15, -0.1) is 0 Å². The van der Waals surface area contributed by atoms with Gasteiger partial charge in [-0.2, -0.15) is 0 Å². The number of fused-ring (bicyclic) bond motifs is 1. The zero-order valence-corrected chi connectivity index (χ0v) is 11.5. The molecule has 1 aromatic rings. The fourth-order valence-electron chi connectivity index (χ4n) is 3.71. The van der Waals surface area contributed by atoms with Gasteiger partial charge in [0.15, 0.2) is 0 Å². The van der Waals surface area contributed by atoms with E-state index in [4.69, 9.17) is 4.74 Å². The summed E-state index contributed by atoms with van der Waals surface area (Å²) in [5.74, 6) is -2.98. The van der Waals surface area contributed by atoms with Gasteiger partial charge in [0.25, 0.3) is 0 Å². The fraction of sp³-hybridized carbons (Fsp3) is 0.375. The normalized spacial score (nSPS) is 36.3. The van der Waals surface area contributed by atoms with Gasteiger partial charge >= 0.3 is 0 Å². The molecule has 2 bridgehead atoms. The highest BCUT2D eigenvalue weighted by Crippen LogP contribution is 2.52. The molecule has 5 nitrogen and oxygen atoms in total. The molecule has 0 radical (unpaired) electrons. The predicted octanol–water partition coefficient (Wildman–Crippen LogP) is 0.0313. The van der Waals surface area contributed by atoms with Gasteiger partial charge in [0.2, 0.25) is 5.91 Å². The predicted molar refractivity (Wildman–Crippen MR) is 72.3 cm³/mol. The maximum atomic E-state index is 12.7. The molecule has 3 heterocycles. The Morgan fingerprint density at radius 3 is 2.76 bits per heavy atom. The number of nitrogens with zero attached hydrogens (tertiary/aromatic N) is 1. The molecule has 2 saturated heterocycles. The van der Waals surface area contributed by atoms with Gasteiger partial charge < -0.3 is 19.5 Å². The molecule has 1 spiro atoms. The number of carboxylic acids is 1. The molecule has 1 amide bonds. The molecule has 5 heteroatoms. The molecular formula is C16H14NO4-. The molecule has 108 valence electrons. The van der Waals surface area contributed by atoms with Gasteiger partial charge in [-0.1, -0.05) is 29.8 Å². The van der Waals surface area contributed by atoms with E-state index >= 15 is 0 Å². The maximum Gasteiger partial charge on any atom is 0.234 e. The molecule has 0 aromatic heterocycles. The quantitative estimate of drug-likeness (QED) is 0.719. The van der Waals surface area contributed by atoms with E-state index in [2.05, 4.69) is 0 Å². The molecular weight excluding hydrogens is 270 g/mol. The number of ether oxygens (including phenoxy) is 1. The third-order valence-electron chi connectivity index (χ3n) is 4.72. The van der Waals surface area contributed by atoms with Crippen molar-refractivity contribution in [2.24, 2.45) is 11.8 Å². The van der Waals surface area contributed by atoms with Crippen LogP contribution in [0.5, 0.6) is 0 Å². The Hall–Kier alpha value is -2.14. The molecule has 3 aliphatic heterocycles. The Labute approximate surface area is 121 Å². The Kier molecular flexibility index (Phi) is 2.37. The number of rotatable bonds is 2. The molecule has 4 rings (SSSR count). The van der Waals surface area contributed by atoms with E-state index in [-0.39, 0.29) is 5.91 Å². The first-order valence-corrected chi connectivity index (χ1v) is 6.98. The Bertz CT molecular complexity index is 665. The molecule has 0 unspecified atom stereocenters. The van der Waals surface area contributed by atoms with Crippen LogP contribution in [0.15, 0.2) is 36.4 Å². The van der Waals surface area contributed by atoms with Crippen LogP contribution in [0.2, 0.25) is 0 Å². The molecule has 4 atom stereocenters. The van der Waals surface area contributed by atoms with Crippen LogP contribution in [0, 0.1) is 18.8 Å². The van der Waals surface area contributed by atoms with E-state index in [1.807, 2.05) is 37.3 Å². The summed E-state index contributed by atoms with van der Waals surface area (Å²) < 4.78 is 5.81. The number of hydrogen-bond donors (Lipinski definition) is 0. The smallest absolute Gasteiger partial charge is 0.234 e. The average molecular weight is 284 g/mol. The van der Waals surface area contributed by atoms with Crippen LogP contribution >= 0.6 is 0 Å². The minimum absolute atomic E-state index is 0.195. The van der Waals surface area contributed by atoms with Crippen molar-refractivity contribution >= 4 is 17.6 Å². The largest absolute Gasteiger partial charge is 0.550 e. The molecule has 0 aliphatic carbocycles. The van der Waals surface area contributed by atoms with Crippen molar-refractivity contribution < 1.29 is 19.4 Å². The van der Waals surface area contributed by atoms with Crippen LogP contribution < -0.4 is 10.0 Å². The summed E-state index contributed by atoms with van der Waals surface area (Å²) in [7, 11) is 0. The number of aryl methyl sites for hydroxylation is 1. The molecule has 21 heavy (non-hydrogen) atoms. The van der Waals surface area contributed by atoms with Crippen LogP contribution in [0.3, 0.4) is 0 Å². The third-order valence-corrected chi connectivity index (χ3v) is 4.72. The van der Waals surface area contributed by atoms with Crippen LogP contribution in [0.4, 0.5) is 5.69 Å². The number of carbonyl (C=O) groups is 2. The summed E-state index contributed by atoms with van der Waals surface area (Å²) >= 11 is 0. The van der Waals surface area contributed by atoms with E-state index < -0.39 is 29.5 Å². The number of carbonyl (C=O) groups excluding carboxylic acids is 2. The second-order valence-electron chi connectivity index (χ2n) is 5.98. The lowest BCUT2D eigenvalue weighted by molar-refractivity contribution is -0.313. The summed E-state index contributed by atoms with van der Waals surface area (Å²) in [5, 5.41) is 11.4. The third kappa shape index (κ3) is 1.55. The number of amides is 1. The number of aliphatic carboxylic acids is 1. The molecule has 2 fully saturated rings. The zero-order chi connectivity index (χ0) is 14.8. The van der Waals surface area contributed by atoms with E-state index in [9.17, 15) is 14.7 Å². The van der Waals surface area contributed by atoms with Crippen LogP contribution in [-0.4, -0.2) is 30.1 Å².